The standard InChI is InChI=1S/C10H12NP.C2H6/c1-7-5-9(12)6-8-3-4-11(2)10(7)8;1-2/h3-6H,12H2,1-2H3;1-2H3. The van der Waals surface area contributed by atoms with Crippen LogP contribution >= 0.6 is 9.24 Å². The number of aryl methyl sites for hydroxylation is 2. The second-order valence-corrected chi connectivity index (χ2v) is 3.87. The molecule has 2 aromatic rings. The van der Waals surface area contributed by atoms with Crippen LogP contribution in [-0.4, -0.2) is 4.57 Å². The smallest absolute Gasteiger partial charge is 0.0507 e. The van der Waals surface area contributed by atoms with Gasteiger partial charge in [0.25, 0.3) is 0 Å². The third-order valence-corrected chi connectivity index (χ3v) is 2.52. The van der Waals surface area contributed by atoms with E-state index < -0.39 is 0 Å². The van der Waals surface area contributed by atoms with Gasteiger partial charge in [0.2, 0.25) is 0 Å². The first-order valence-electron chi connectivity index (χ1n) is 4.99. The van der Waals surface area contributed by atoms with Crippen molar-refractivity contribution in [1.29, 1.82) is 0 Å². The van der Waals surface area contributed by atoms with Crippen LogP contribution in [0.5, 0.6) is 0 Å². The van der Waals surface area contributed by atoms with Crippen LogP contribution in [0.4, 0.5) is 0 Å². The number of fused-ring (bicyclic) bond motifs is 1. The zero-order valence-electron chi connectivity index (χ0n) is 9.33. The van der Waals surface area contributed by atoms with Crippen LogP contribution < -0.4 is 5.30 Å². The summed E-state index contributed by atoms with van der Waals surface area (Å²) in [6.45, 7) is 6.15. The van der Waals surface area contributed by atoms with Crippen molar-refractivity contribution in [3.05, 3.63) is 30.0 Å². The lowest BCUT2D eigenvalue weighted by molar-refractivity contribution is 0.964. The Morgan fingerprint density at radius 3 is 2.50 bits per heavy atom. The van der Waals surface area contributed by atoms with Crippen LogP contribution in [0.15, 0.2) is 24.4 Å². The number of nitrogens with zero attached hydrogens (tertiary/aromatic N) is 1. The highest BCUT2D eigenvalue weighted by molar-refractivity contribution is 7.27. The summed E-state index contributed by atoms with van der Waals surface area (Å²) in [5.41, 5.74) is 2.67. The first-order valence-corrected chi connectivity index (χ1v) is 5.57. The zero-order chi connectivity index (χ0) is 10.7. The molecule has 14 heavy (non-hydrogen) atoms. The van der Waals surface area contributed by atoms with E-state index in [-0.39, 0.29) is 0 Å². The summed E-state index contributed by atoms with van der Waals surface area (Å²) in [5, 5.41) is 2.58. The van der Waals surface area contributed by atoms with Gasteiger partial charge in [0.1, 0.15) is 0 Å². The lowest BCUT2D eigenvalue weighted by Crippen LogP contribution is -1.94. The third-order valence-electron chi connectivity index (χ3n) is 2.18. The SMILES string of the molecule is CC.Cc1cc(P)cc2ccn(C)c12. The fourth-order valence-electron chi connectivity index (χ4n) is 1.71. The molecular formula is C12H18NP. The van der Waals surface area contributed by atoms with Crippen molar-refractivity contribution in [3.8, 4) is 0 Å². The molecule has 0 aliphatic carbocycles. The molecule has 2 heteroatoms. The average molecular weight is 207 g/mol. The minimum Gasteiger partial charge on any atom is -0.350 e. The molecule has 0 spiro atoms. The maximum absolute atomic E-state index is 2.74. The summed E-state index contributed by atoms with van der Waals surface area (Å²) in [6.07, 6.45) is 2.10. The monoisotopic (exact) mass is 207 g/mol. The molecular weight excluding hydrogens is 189 g/mol. The molecule has 1 aromatic heterocycles. The molecule has 1 unspecified atom stereocenters. The van der Waals surface area contributed by atoms with Gasteiger partial charge in [-0.15, -0.1) is 9.24 Å². The second kappa shape index (κ2) is 4.61. The van der Waals surface area contributed by atoms with Gasteiger partial charge in [0.15, 0.2) is 0 Å². The van der Waals surface area contributed by atoms with E-state index in [0.29, 0.717) is 0 Å². The summed E-state index contributed by atoms with van der Waals surface area (Å²) in [4.78, 5) is 0. The minimum absolute atomic E-state index is 1.26. The van der Waals surface area contributed by atoms with Gasteiger partial charge in [-0.2, -0.15) is 0 Å². The van der Waals surface area contributed by atoms with Crippen LogP contribution in [0.1, 0.15) is 19.4 Å². The van der Waals surface area contributed by atoms with Gasteiger partial charge < -0.3 is 4.57 Å². The summed E-state index contributed by atoms with van der Waals surface area (Å²) < 4.78 is 2.16. The van der Waals surface area contributed by atoms with Crippen molar-refractivity contribution in [2.75, 3.05) is 0 Å². The predicted molar refractivity (Wildman–Crippen MR) is 68.3 cm³/mol. The fourth-order valence-corrected chi connectivity index (χ4v) is 2.14. The van der Waals surface area contributed by atoms with Crippen molar-refractivity contribution in [2.45, 2.75) is 20.8 Å². The van der Waals surface area contributed by atoms with E-state index in [1.165, 1.54) is 21.8 Å². The fraction of sp³-hybridized carbons (Fsp3) is 0.333. The van der Waals surface area contributed by atoms with E-state index in [9.17, 15) is 0 Å². The third kappa shape index (κ3) is 1.99. The van der Waals surface area contributed by atoms with Gasteiger partial charge in [-0.25, -0.2) is 0 Å². The maximum Gasteiger partial charge on any atom is 0.0507 e. The number of hydrogen-bond acceptors (Lipinski definition) is 0. The molecule has 1 nitrogen and oxygen atoms in total. The van der Waals surface area contributed by atoms with Crippen molar-refractivity contribution < 1.29 is 0 Å². The van der Waals surface area contributed by atoms with Crippen molar-refractivity contribution in [1.82, 2.24) is 4.57 Å². The Balaban J connectivity index is 0.000000461. The van der Waals surface area contributed by atoms with E-state index >= 15 is 0 Å². The van der Waals surface area contributed by atoms with Gasteiger partial charge in [0, 0.05) is 18.6 Å². The largest absolute Gasteiger partial charge is 0.350 e. The molecule has 0 radical (unpaired) electrons. The average Bonchev–Trinajstić information content (AvgIpc) is 2.51. The Kier molecular flexibility index (Phi) is 3.71. The molecule has 0 fully saturated rings. The Labute approximate surface area is 88.3 Å². The minimum atomic E-state index is 1.26. The van der Waals surface area contributed by atoms with E-state index in [4.69, 9.17) is 0 Å². The molecule has 1 heterocycles. The topological polar surface area (TPSA) is 4.93 Å². The predicted octanol–water partition coefficient (Wildman–Crippen LogP) is 3.01. The number of benzene rings is 1. The zero-order valence-corrected chi connectivity index (χ0v) is 10.5. The van der Waals surface area contributed by atoms with Crippen LogP contribution in [-0.2, 0) is 7.05 Å². The number of rotatable bonds is 0. The summed E-state index contributed by atoms with van der Waals surface area (Å²) >= 11 is 0. The molecule has 1 aromatic carbocycles. The molecule has 0 N–H and O–H groups in total. The van der Waals surface area contributed by atoms with E-state index in [2.05, 4.69) is 52.2 Å². The molecule has 0 aliphatic heterocycles. The van der Waals surface area contributed by atoms with Crippen molar-refractivity contribution in [2.24, 2.45) is 7.05 Å². The molecule has 1 atom stereocenters. The molecule has 0 saturated carbocycles. The summed E-state index contributed by atoms with van der Waals surface area (Å²) in [6, 6.07) is 6.52. The second-order valence-electron chi connectivity index (χ2n) is 3.20. The molecule has 0 aliphatic rings. The Bertz CT molecular complexity index is 429. The maximum atomic E-state index is 2.74. The van der Waals surface area contributed by atoms with Gasteiger partial charge in [0.05, 0.1) is 5.52 Å². The molecule has 0 amide bonds. The van der Waals surface area contributed by atoms with Gasteiger partial charge >= 0.3 is 0 Å². The van der Waals surface area contributed by atoms with Crippen LogP contribution in [0, 0.1) is 6.92 Å². The Hall–Kier alpha value is -0.810. The highest BCUT2D eigenvalue weighted by Gasteiger charge is 2.01. The van der Waals surface area contributed by atoms with Gasteiger partial charge in [-0.1, -0.05) is 19.9 Å². The van der Waals surface area contributed by atoms with Gasteiger partial charge in [-0.3, -0.25) is 0 Å². The molecule has 76 valence electrons. The molecule has 0 bridgehead atoms. The van der Waals surface area contributed by atoms with Gasteiger partial charge in [-0.05, 0) is 29.9 Å². The van der Waals surface area contributed by atoms with Crippen molar-refractivity contribution >= 4 is 25.4 Å². The molecule has 0 saturated heterocycles. The molecule has 2 rings (SSSR count). The normalized spacial score (nSPS) is 9.79. The highest BCUT2D eigenvalue weighted by Crippen LogP contribution is 2.18. The highest BCUT2D eigenvalue weighted by atomic mass is 31.0. The van der Waals surface area contributed by atoms with Crippen molar-refractivity contribution in [3.63, 3.8) is 0 Å². The quantitative estimate of drug-likeness (QED) is 0.585. The van der Waals surface area contributed by atoms with Crippen LogP contribution in [0.2, 0.25) is 0 Å². The summed E-state index contributed by atoms with van der Waals surface area (Å²) in [5.74, 6) is 0. The Morgan fingerprint density at radius 1 is 1.21 bits per heavy atom. The first kappa shape index (κ1) is 11.3. The lowest BCUT2D eigenvalue weighted by atomic mass is 10.2. The number of aromatic nitrogens is 1. The lowest BCUT2D eigenvalue weighted by Gasteiger charge is -2.02. The van der Waals surface area contributed by atoms with E-state index in [1.54, 1.807) is 0 Å². The van der Waals surface area contributed by atoms with Crippen LogP contribution in [0.3, 0.4) is 0 Å². The van der Waals surface area contributed by atoms with E-state index in [1.807, 2.05) is 13.8 Å². The Morgan fingerprint density at radius 2 is 1.86 bits per heavy atom. The number of hydrogen-bond donors (Lipinski definition) is 0. The van der Waals surface area contributed by atoms with E-state index in [0.717, 1.165) is 0 Å². The van der Waals surface area contributed by atoms with Crippen LogP contribution in [0.25, 0.3) is 10.9 Å². The summed E-state index contributed by atoms with van der Waals surface area (Å²) in [7, 11) is 4.82. The first-order chi connectivity index (χ1) is 6.68.